The zero-order valence-corrected chi connectivity index (χ0v) is 23.2. The molecule has 2 N–H and O–H groups in total. The fourth-order valence-corrected chi connectivity index (χ4v) is 8.30. The lowest BCUT2D eigenvalue weighted by molar-refractivity contribution is -0.00513. The summed E-state index contributed by atoms with van der Waals surface area (Å²) in [5.74, 6) is 2.69. The molecule has 206 valence electrons. The number of unbranched alkanes of at least 4 members (excludes halogenated alkanes) is 2. The van der Waals surface area contributed by atoms with Gasteiger partial charge in [0.05, 0.1) is 18.3 Å². The Morgan fingerprint density at radius 3 is 2.23 bits per heavy atom. The van der Waals surface area contributed by atoms with E-state index in [-0.39, 0.29) is 6.10 Å². The lowest BCUT2D eigenvalue weighted by Crippen LogP contribution is -2.48. The first-order valence-corrected chi connectivity index (χ1v) is 15.2. The van der Waals surface area contributed by atoms with Gasteiger partial charge in [0.1, 0.15) is 5.75 Å². The predicted molar refractivity (Wildman–Crippen MR) is 156 cm³/mol. The van der Waals surface area contributed by atoms with E-state index in [1.165, 1.54) is 54.9 Å². The fraction of sp³-hybridized carbons (Fsp3) is 0.514. The van der Waals surface area contributed by atoms with Crippen LogP contribution in [0.1, 0.15) is 93.5 Å². The number of benzene rings is 3. The summed E-state index contributed by atoms with van der Waals surface area (Å²) in [5, 5.41) is 21.6. The number of aliphatic hydroxyl groups excluding tert-OH is 1. The molecule has 0 spiro atoms. The summed E-state index contributed by atoms with van der Waals surface area (Å²) < 4.78 is 6.61. The molecule has 4 bridgehead atoms. The van der Waals surface area contributed by atoms with E-state index >= 15 is 0 Å². The van der Waals surface area contributed by atoms with E-state index in [1.54, 1.807) is 12.1 Å². The summed E-state index contributed by atoms with van der Waals surface area (Å²) in [7, 11) is 0. The Bertz CT molecular complexity index is 1290. The zero-order valence-electron chi connectivity index (χ0n) is 23.2. The summed E-state index contributed by atoms with van der Waals surface area (Å²) in [6, 6.07) is 18.6. The average Bonchev–Trinajstić information content (AvgIpc) is 2.93. The maximum absolute atomic E-state index is 11.4. The number of carboxylic acids is 1. The van der Waals surface area contributed by atoms with E-state index in [0.717, 1.165) is 66.7 Å². The molecule has 0 aliphatic heterocycles. The first-order chi connectivity index (χ1) is 18.9. The average molecular weight is 527 g/mol. The third kappa shape index (κ3) is 5.33. The van der Waals surface area contributed by atoms with Crippen LogP contribution in [-0.4, -0.2) is 28.9 Å². The molecule has 39 heavy (non-hydrogen) atoms. The van der Waals surface area contributed by atoms with Crippen molar-refractivity contribution in [1.82, 2.24) is 0 Å². The number of hydrogen-bond acceptors (Lipinski definition) is 3. The Balaban J connectivity index is 1.33. The number of ether oxygens (including phenoxy) is 1. The van der Waals surface area contributed by atoms with Gasteiger partial charge in [0.2, 0.25) is 0 Å². The van der Waals surface area contributed by atoms with Gasteiger partial charge in [-0.15, -0.1) is 0 Å². The van der Waals surface area contributed by atoms with Gasteiger partial charge in [0, 0.05) is 10.9 Å². The van der Waals surface area contributed by atoms with Crippen LogP contribution in [-0.2, 0) is 5.41 Å². The third-order valence-corrected chi connectivity index (χ3v) is 9.96. The third-order valence-electron chi connectivity index (χ3n) is 9.96. The van der Waals surface area contributed by atoms with Crippen LogP contribution in [0.15, 0.2) is 54.6 Å². The van der Waals surface area contributed by atoms with Gasteiger partial charge in [-0.05, 0) is 122 Å². The Labute approximate surface area is 232 Å². The molecule has 0 aromatic heterocycles. The SMILES string of the molecule is CCC(O)CCCCCOc1c(-c2ccc(C(=O)O)cc2)ccc2ccc(C34CC5CC(CC(C5)C3)C4)cc12. The van der Waals surface area contributed by atoms with Crippen molar-refractivity contribution in [2.24, 2.45) is 17.8 Å². The molecule has 1 atom stereocenters. The molecule has 0 heterocycles. The number of rotatable bonds is 11. The fourth-order valence-electron chi connectivity index (χ4n) is 8.30. The van der Waals surface area contributed by atoms with E-state index in [2.05, 4.69) is 30.3 Å². The number of carboxylic acid groups (broad SMARTS) is 1. The van der Waals surface area contributed by atoms with Gasteiger partial charge in [0.25, 0.3) is 0 Å². The highest BCUT2D eigenvalue weighted by molar-refractivity contribution is 5.96. The lowest BCUT2D eigenvalue weighted by Gasteiger charge is -2.57. The zero-order chi connectivity index (χ0) is 27.0. The van der Waals surface area contributed by atoms with Crippen molar-refractivity contribution in [2.75, 3.05) is 6.61 Å². The number of fused-ring (bicyclic) bond motifs is 1. The Morgan fingerprint density at radius 2 is 1.59 bits per heavy atom. The molecule has 4 saturated carbocycles. The second-order valence-electron chi connectivity index (χ2n) is 12.7. The number of aliphatic hydroxyl groups is 1. The summed E-state index contributed by atoms with van der Waals surface area (Å²) in [5.41, 5.74) is 4.09. The van der Waals surface area contributed by atoms with E-state index in [9.17, 15) is 15.0 Å². The van der Waals surface area contributed by atoms with E-state index in [0.29, 0.717) is 17.6 Å². The maximum atomic E-state index is 11.4. The summed E-state index contributed by atoms with van der Waals surface area (Å²) in [6.07, 6.45) is 12.8. The van der Waals surface area contributed by atoms with Crippen molar-refractivity contribution in [1.29, 1.82) is 0 Å². The number of hydrogen-bond donors (Lipinski definition) is 2. The van der Waals surface area contributed by atoms with Crippen LogP contribution in [0.4, 0.5) is 0 Å². The van der Waals surface area contributed by atoms with E-state index in [1.807, 2.05) is 19.1 Å². The topological polar surface area (TPSA) is 66.8 Å². The van der Waals surface area contributed by atoms with Crippen LogP contribution in [0, 0.1) is 17.8 Å². The second-order valence-corrected chi connectivity index (χ2v) is 12.7. The number of aromatic carboxylic acids is 1. The van der Waals surface area contributed by atoms with Gasteiger partial charge >= 0.3 is 5.97 Å². The first-order valence-electron chi connectivity index (χ1n) is 15.2. The van der Waals surface area contributed by atoms with Gasteiger partial charge < -0.3 is 14.9 Å². The molecule has 0 radical (unpaired) electrons. The van der Waals surface area contributed by atoms with Crippen LogP contribution in [0.5, 0.6) is 5.75 Å². The molecule has 4 fully saturated rings. The van der Waals surface area contributed by atoms with Crippen LogP contribution in [0.3, 0.4) is 0 Å². The van der Waals surface area contributed by atoms with Crippen molar-refractivity contribution in [3.8, 4) is 16.9 Å². The standard InChI is InChI=1S/C35H42O4/c1-2-30(36)6-4-3-5-15-39-33-31(26-7-9-28(10-8-26)34(37)38)14-12-27-11-13-29(19-32(27)33)35-20-23-16-24(21-35)18-25(17-23)22-35/h7-14,19,23-25,30,36H,2-6,15-18,20-22H2,1H3,(H,37,38). The molecule has 3 aromatic rings. The molecule has 0 amide bonds. The monoisotopic (exact) mass is 526 g/mol. The van der Waals surface area contributed by atoms with Crippen LogP contribution >= 0.6 is 0 Å². The Kier molecular flexibility index (Phi) is 7.41. The van der Waals surface area contributed by atoms with Crippen LogP contribution in [0.25, 0.3) is 21.9 Å². The lowest BCUT2D eigenvalue weighted by atomic mass is 9.48. The van der Waals surface area contributed by atoms with Crippen molar-refractivity contribution >= 4 is 16.7 Å². The molecule has 7 rings (SSSR count). The Morgan fingerprint density at radius 1 is 0.923 bits per heavy atom. The minimum atomic E-state index is -0.912. The van der Waals surface area contributed by atoms with Crippen molar-refractivity contribution in [3.05, 3.63) is 65.7 Å². The first kappa shape index (κ1) is 26.4. The smallest absolute Gasteiger partial charge is 0.335 e. The molecule has 4 heteroatoms. The van der Waals surface area contributed by atoms with E-state index in [4.69, 9.17) is 4.74 Å². The second kappa shape index (κ2) is 11.0. The molecular weight excluding hydrogens is 484 g/mol. The Hall–Kier alpha value is -2.85. The molecule has 0 saturated heterocycles. The van der Waals surface area contributed by atoms with Gasteiger partial charge in [-0.25, -0.2) is 4.79 Å². The van der Waals surface area contributed by atoms with Gasteiger partial charge in [0.15, 0.2) is 0 Å². The van der Waals surface area contributed by atoms with Gasteiger partial charge in [-0.2, -0.15) is 0 Å². The van der Waals surface area contributed by atoms with Crippen LogP contribution in [0.2, 0.25) is 0 Å². The maximum Gasteiger partial charge on any atom is 0.335 e. The molecule has 4 aliphatic carbocycles. The highest BCUT2D eigenvalue weighted by atomic mass is 16.5. The predicted octanol–water partition coefficient (Wildman–Crippen LogP) is 8.38. The highest BCUT2D eigenvalue weighted by Crippen LogP contribution is 2.61. The number of carbonyl (C=O) groups is 1. The quantitative estimate of drug-likeness (QED) is 0.246. The van der Waals surface area contributed by atoms with E-state index < -0.39 is 5.97 Å². The molecule has 3 aromatic carbocycles. The largest absolute Gasteiger partial charge is 0.492 e. The minimum absolute atomic E-state index is 0.202. The van der Waals surface area contributed by atoms with Crippen molar-refractivity contribution in [3.63, 3.8) is 0 Å². The summed E-state index contributed by atoms with van der Waals surface area (Å²) in [6.45, 7) is 2.65. The molecule has 4 nitrogen and oxygen atoms in total. The minimum Gasteiger partial charge on any atom is -0.492 e. The van der Waals surface area contributed by atoms with Crippen molar-refractivity contribution < 1.29 is 19.7 Å². The van der Waals surface area contributed by atoms with Crippen molar-refractivity contribution in [2.45, 2.75) is 89.1 Å². The summed E-state index contributed by atoms with van der Waals surface area (Å²) in [4.78, 5) is 11.4. The van der Waals surface area contributed by atoms with Gasteiger partial charge in [-0.3, -0.25) is 0 Å². The van der Waals surface area contributed by atoms with Gasteiger partial charge in [-0.1, -0.05) is 49.7 Å². The summed E-state index contributed by atoms with van der Waals surface area (Å²) >= 11 is 0. The highest BCUT2D eigenvalue weighted by Gasteiger charge is 2.51. The molecular formula is C35H42O4. The molecule has 4 aliphatic rings. The molecule has 1 unspecified atom stereocenters. The van der Waals surface area contributed by atoms with Crippen LogP contribution < -0.4 is 4.74 Å². The normalized spacial score (nSPS) is 26.2.